The second kappa shape index (κ2) is 6.24. The molecule has 0 saturated carbocycles. The number of ether oxygens (including phenoxy) is 1. The molecule has 0 bridgehead atoms. The maximum Gasteiger partial charge on any atom is 0.119 e. The molecule has 0 radical (unpaired) electrons. The summed E-state index contributed by atoms with van der Waals surface area (Å²) in [5.41, 5.74) is 1.96. The molecule has 0 heterocycles. The van der Waals surface area contributed by atoms with Crippen LogP contribution in [0.4, 0.5) is 0 Å². The molecule has 0 aliphatic rings. The van der Waals surface area contributed by atoms with Gasteiger partial charge >= 0.3 is 0 Å². The van der Waals surface area contributed by atoms with E-state index in [1.807, 2.05) is 12.5 Å². The summed E-state index contributed by atoms with van der Waals surface area (Å²) in [6, 6.07) is 8.50. The van der Waals surface area contributed by atoms with Gasteiger partial charge in [-0.3, -0.25) is 0 Å². The summed E-state index contributed by atoms with van der Waals surface area (Å²) >= 11 is 6.42. The highest BCUT2D eigenvalue weighted by atomic mass is 35.5. The fraction of sp³-hybridized carbons (Fsp3) is 0.588. The minimum Gasteiger partial charge on any atom is -0.494 e. The van der Waals surface area contributed by atoms with Gasteiger partial charge in [0, 0.05) is 0 Å². The van der Waals surface area contributed by atoms with Gasteiger partial charge in [-0.05, 0) is 72.7 Å². The van der Waals surface area contributed by atoms with Gasteiger partial charge < -0.3 is 16.3 Å². The van der Waals surface area contributed by atoms with E-state index in [1.54, 1.807) is 0 Å². The quantitative estimate of drug-likeness (QED) is 0.513. The average Bonchev–Trinajstić information content (AvgIpc) is 2.29. The third-order valence-electron chi connectivity index (χ3n) is 3.82. The SMILES string of the molecule is CCOc1ccc([P+]([CH-]Cl)(C(C)(C)C)C(C)(C)C)cc1. The Morgan fingerprint density at radius 3 is 1.75 bits per heavy atom. The molecule has 114 valence electrons. The summed E-state index contributed by atoms with van der Waals surface area (Å²) < 4.78 is 5.55. The van der Waals surface area contributed by atoms with Crippen LogP contribution in [0.2, 0.25) is 0 Å². The van der Waals surface area contributed by atoms with Gasteiger partial charge in [0.25, 0.3) is 0 Å². The second-order valence-corrected chi connectivity index (χ2v) is 12.5. The molecule has 0 amide bonds. The molecule has 1 rings (SSSR count). The fourth-order valence-corrected chi connectivity index (χ4v) is 10.0. The first-order valence-corrected chi connectivity index (χ1v) is 9.46. The van der Waals surface area contributed by atoms with Crippen molar-refractivity contribution in [1.29, 1.82) is 0 Å². The van der Waals surface area contributed by atoms with Gasteiger partial charge in [-0.2, -0.15) is 0 Å². The van der Waals surface area contributed by atoms with E-state index in [4.69, 9.17) is 16.3 Å². The lowest BCUT2D eigenvalue weighted by Gasteiger charge is -2.52. The van der Waals surface area contributed by atoms with Crippen molar-refractivity contribution < 1.29 is 4.74 Å². The van der Waals surface area contributed by atoms with Gasteiger partial charge in [-0.1, -0.05) is 12.9 Å². The molecule has 0 unspecified atom stereocenters. The van der Waals surface area contributed by atoms with Crippen molar-refractivity contribution in [1.82, 2.24) is 0 Å². The minimum absolute atomic E-state index is 0.125. The molecule has 0 aromatic heterocycles. The molecular weight excluding hydrogens is 287 g/mol. The lowest BCUT2D eigenvalue weighted by atomic mass is 10.2. The summed E-state index contributed by atoms with van der Waals surface area (Å²) in [5.74, 6) is 0.923. The topological polar surface area (TPSA) is 9.23 Å². The summed E-state index contributed by atoms with van der Waals surface area (Å²) in [4.78, 5) is 0. The molecule has 0 spiro atoms. The fourth-order valence-electron chi connectivity index (χ4n) is 3.07. The molecule has 0 aliphatic carbocycles. The average molecular weight is 315 g/mol. The maximum absolute atomic E-state index is 6.42. The first-order chi connectivity index (χ1) is 9.10. The Morgan fingerprint density at radius 2 is 1.45 bits per heavy atom. The predicted molar refractivity (Wildman–Crippen MR) is 93.8 cm³/mol. The van der Waals surface area contributed by atoms with E-state index in [1.165, 1.54) is 5.30 Å². The van der Waals surface area contributed by atoms with E-state index < -0.39 is 7.26 Å². The van der Waals surface area contributed by atoms with E-state index in [9.17, 15) is 0 Å². The Balaban J connectivity index is 3.38. The van der Waals surface area contributed by atoms with Crippen LogP contribution >= 0.6 is 18.9 Å². The van der Waals surface area contributed by atoms with E-state index in [0.29, 0.717) is 6.61 Å². The number of hydrogen-bond donors (Lipinski definition) is 0. The summed E-state index contributed by atoms with van der Waals surface area (Å²) in [7, 11) is -1.65. The van der Waals surface area contributed by atoms with Gasteiger partial charge in [0.1, 0.15) is 5.75 Å². The third kappa shape index (κ3) is 3.15. The van der Waals surface area contributed by atoms with Crippen LogP contribution in [0.25, 0.3) is 0 Å². The van der Waals surface area contributed by atoms with Gasteiger partial charge in [-0.15, -0.1) is 0 Å². The van der Waals surface area contributed by atoms with Crippen LogP contribution in [-0.2, 0) is 0 Å². The Kier molecular flexibility index (Phi) is 5.55. The first-order valence-electron chi connectivity index (χ1n) is 7.17. The minimum atomic E-state index is -1.65. The zero-order valence-corrected chi connectivity index (χ0v) is 15.5. The highest BCUT2D eigenvalue weighted by Gasteiger charge is 2.52. The second-order valence-electron chi connectivity index (χ2n) is 7.09. The Labute approximate surface area is 130 Å². The van der Waals surface area contributed by atoms with E-state index in [2.05, 4.69) is 65.8 Å². The highest BCUT2D eigenvalue weighted by molar-refractivity contribution is 7.88. The van der Waals surface area contributed by atoms with Crippen LogP contribution < -0.4 is 10.0 Å². The molecule has 1 aromatic carbocycles. The Hall–Kier alpha value is -0.260. The summed E-state index contributed by atoms with van der Waals surface area (Å²) in [6.45, 7) is 16.5. The van der Waals surface area contributed by atoms with Crippen molar-refractivity contribution in [3.8, 4) is 5.75 Å². The molecule has 0 fully saturated rings. The lowest BCUT2D eigenvalue weighted by molar-refractivity contribution is 0.340. The predicted octanol–water partition coefficient (Wildman–Crippen LogP) is 5.68. The van der Waals surface area contributed by atoms with Crippen molar-refractivity contribution in [2.45, 2.75) is 58.8 Å². The molecular formula is C17H28ClOP. The zero-order valence-electron chi connectivity index (χ0n) is 13.8. The van der Waals surface area contributed by atoms with Crippen molar-refractivity contribution in [3.63, 3.8) is 0 Å². The number of rotatable bonds is 4. The standard InChI is InChI=1S/C17H28ClOP/c1-8-19-14-9-11-15(12-10-14)20(13-18,16(2,3)4)17(5,6)7/h9-13H,8H2,1-7H3. The molecule has 0 atom stereocenters. The van der Waals surface area contributed by atoms with Crippen LogP contribution in [0, 0.1) is 5.62 Å². The molecule has 0 saturated heterocycles. The molecule has 1 nitrogen and oxygen atoms in total. The lowest BCUT2D eigenvalue weighted by Crippen LogP contribution is -2.39. The van der Waals surface area contributed by atoms with E-state index in [0.717, 1.165) is 5.75 Å². The Bertz CT molecular complexity index is 412. The molecule has 0 N–H and O–H groups in total. The zero-order chi connectivity index (χ0) is 15.6. The van der Waals surface area contributed by atoms with Crippen LogP contribution in [0.1, 0.15) is 48.5 Å². The van der Waals surface area contributed by atoms with Crippen molar-refractivity contribution in [2.24, 2.45) is 0 Å². The number of hydrogen-bond acceptors (Lipinski definition) is 1. The third-order valence-corrected chi connectivity index (χ3v) is 10.3. The smallest absolute Gasteiger partial charge is 0.119 e. The van der Waals surface area contributed by atoms with Crippen molar-refractivity contribution >= 4 is 24.2 Å². The largest absolute Gasteiger partial charge is 0.494 e. The normalized spacial score (nSPS) is 13.4. The molecule has 3 heteroatoms. The van der Waals surface area contributed by atoms with Crippen LogP contribution in [0.3, 0.4) is 0 Å². The number of benzene rings is 1. The molecule has 20 heavy (non-hydrogen) atoms. The maximum atomic E-state index is 6.42. The van der Waals surface area contributed by atoms with E-state index >= 15 is 0 Å². The van der Waals surface area contributed by atoms with E-state index in [-0.39, 0.29) is 10.3 Å². The van der Waals surface area contributed by atoms with Gasteiger partial charge in [-0.25, -0.2) is 0 Å². The van der Waals surface area contributed by atoms with Crippen molar-refractivity contribution in [3.05, 3.63) is 29.9 Å². The first kappa shape index (κ1) is 17.8. The summed E-state index contributed by atoms with van der Waals surface area (Å²) in [5, 5.41) is 1.59. The highest BCUT2D eigenvalue weighted by Crippen LogP contribution is 2.78. The molecule has 0 aliphatic heterocycles. The van der Waals surface area contributed by atoms with Crippen LogP contribution in [-0.4, -0.2) is 16.9 Å². The van der Waals surface area contributed by atoms with Gasteiger partial charge in [0.15, 0.2) is 0 Å². The number of halogens is 1. The van der Waals surface area contributed by atoms with Crippen LogP contribution in [0.5, 0.6) is 5.75 Å². The summed E-state index contributed by atoms with van der Waals surface area (Å²) in [6.07, 6.45) is 0. The van der Waals surface area contributed by atoms with Crippen molar-refractivity contribution in [2.75, 3.05) is 6.61 Å². The monoisotopic (exact) mass is 314 g/mol. The van der Waals surface area contributed by atoms with Crippen LogP contribution in [0.15, 0.2) is 24.3 Å². The van der Waals surface area contributed by atoms with Gasteiger partial charge in [0.05, 0.1) is 22.2 Å². The Morgan fingerprint density at radius 1 is 1.00 bits per heavy atom. The molecule has 1 aromatic rings. The van der Waals surface area contributed by atoms with Gasteiger partial charge in [0.2, 0.25) is 0 Å².